The predicted molar refractivity (Wildman–Crippen MR) is 71.2 cm³/mol. The van der Waals surface area contributed by atoms with Crippen molar-refractivity contribution in [3.8, 4) is 0 Å². The van der Waals surface area contributed by atoms with Crippen molar-refractivity contribution in [2.24, 2.45) is 5.92 Å². The van der Waals surface area contributed by atoms with Crippen LogP contribution in [0.1, 0.15) is 30.4 Å². The molecule has 0 fully saturated rings. The summed E-state index contributed by atoms with van der Waals surface area (Å²) in [6.07, 6.45) is 2.67. The Morgan fingerprint density at radius 3 is 2.89 bits per heavy atom. The Labute approximate surface area is 110 Å². The molecule has 0 aliphatic heterocycles. The Morgan fingerprint density at radius 2 is 2.21 bits per heavy atom. The molecule has 1 aliphatic carbocycles. The number of aliphatic carboxylic acids is 1. The fourth-order valence-corrected chi connectivity index (χ4v) is 3.17. The lowest BCUT2D eigenvalue weighted by Gasteiger charge is -2.28. The van der Waals surface area contributed by atoms with Gasteiger partial charge in [-0.15, -0.1) is 0 Å². The number of benzene rings is 1. The van der Waals surface area contributed by atoms with Crippen LogP contribution < -0.4 is 0 Å². The topological polar surface area (TPSA) is 70.2 Å². The van der Waals surface area contributed by atoms with Crippen LogP contribution in [0.5, 0.6) is 0 Å². The van der Waals surface area contributed by atoms with Gasteiger partial charge in [0.1, 0.15) is 5.78 Å². The highest BCUT2D eigenvalue weighted by molar-refractivity contribution is 5.91. The largest absolute Gasteiger partial charge is 0.481 e. The standard InChI is InChI=1S/C15H15NO3/c1-8(17)5-11-10-3-2-4-13-14(10)9(7-16-13)6-12(11)15(18)19/h2-4,7,11-12,16H,5-6H2,1H3,(H,18,19)/t11-,12-/m1/s1. The van der Waals surface area contributed by atoms with E-state index in [2.05, 4.69) is 4.98 Å². The number of aromatic amines is 1. The highest BCUT2D eigenvalue weighted by Gasteiger charge is 2.36. The third kappa shape index (κ3) is 1.84. The number of carboxylic acids is 1. The molecule has 0 radical (unpaired) electrons. The predicted octanol–water partition coefficient (Wildman–Crippen LogP) is 2.49. The summed E-state index contributed by atoms with van der Waals surface area (Å²) in [4.78, 5) is 26.1. The fraction of sp³-hybridized carbons (Fsp3) is 0.333. The minimum atomic E-state index is -0.824. The minimum absolute atomic E-state index is 0.0345. The number of nitrogens with one attached hydrogen (secondary N) is 1. The first-order valence-electron chi connectivity index (χ1n) is 6.39. The maximum absolute atomic E-state index is 11.5. The average molecular weight is 257 g/mol. The Morgan fingerprint density at radius 1 is 1.42 bits per heavy atom. The van der Waals surface area contributed by atoms with E-state index >= 15 is 0 Å². The van der Waals surface area contributed by atoms with E-state index in [4.69, 9.17) is 0 Å². The van der Waals surface area contributed by atoms with Gasteiger partial charge in [0.2, 0.25) is 0 Å². The van der Waals surface area contributed by atoms with Crippen LogP contribution in [0.25, 0.3) is 10.9 Å². The van der Waals surface area contributed by atoms with Gasteiger partial charge in [-0.1, -0.05) is 12.1 Å². The second-order valence-corrected chi connectivity index (χ2v) is 5.25. The van der Waals surface area contributed by atoms with E-state index in [-0.39, 0.29) is 11.7 Å². The lowest BCUT2D eigenvalue weighted by atomic mass is 9.74. The maximum atomic E-state index is 11.5. The lowest BCUT2D eigenvalue weighted by molar-refractivity contribution is -0.142. The molecule has 4 heteroatoms. The fourth-order valence-electron chi connectivity index (χ4n) is 3.17. The van der Waals surface area contributed by atoms with Crippen molar-refractivity contribution in [1.29, 1.82) is 0 Å². The zero-order valence-corrected chi connectivity index (χ0v) is 10.6. The van der Waals surface area contributed by atoms with Gasteiger partial charge in [-0.2, -0.15) is 0 Å². The molecule has 2 N–H and O–H groups in total. The van der Waals surface area contributed by atoms with Crippen LogP contribution in [0.3, 0.4) is 0 Å². The van der Waals surface area contributed by atoms with Gasteiger partial charge in [-0.25, -0.2) is 0 Å². The quantitative estimate of drug-likeness (QED) is 0.887. The normalized spacial score (nSPS) is 21.5. The zero-order chi connectivity index (χ0) is 13.6. The number of carbonyl (C=O) groups excluding carboxylic acids is 1. The molecule has 1 heterocycles. The van der Waals surface area contributed by atoms with E-state index in [1.807, 2.05) is 24.4 Å². The van der Waals surface area contributed by atoms with Gasteiger partial charge in [0.25, 0.3) is 0 Å². The number of carbonyl (C=O) groups is 2. The number of rotatable bonds is 3. The molecule has 0 saturated heterocycles. The van der Waals surface area contributed by atoms with E-state index in [1.165, 1.54) is 6.92 Å². The first-order valence-corrected chi connectivity index (χ1v) is 6.39. The molecule has 0 amide bonds. The molecule has 0 saturated carbocycles. The highest BCUT2D eigenvalue weighted by atomic mass is 16.4. The van der Waals surface area contributed by atoms with Crippen LogP contribution >= 0.6 is 0 Å². The Kier molecular flexibility index (Phi) is 2.66. The smallest absolute Gasteiger partial charge is 0.307 e. The van der Waals surface area contributed by atoms with Crippen molar-refractivity contribution in [2.45, 2.75) is 25.7 Å². The third-order valence-electron chi connectivity index (χ3n) is 3.97. The molecule has 0 spiro atoms. The first-order chi connectivity index (χ1) is 9.08. The molecule has 3 rings (SSSR count). The highest BCUT2D eigenvalue weighted by Crippen LogP contribution is 2.42. The van der Waals surface area contributed by atoms with Crippen LogP contribution in [-0.4, -0.2) is 21.8 Å². The number of aromatic nitrogens is 1. The van der Waals surface area contributed by atoms with Crippen LogP contribution in [0, 0.1) is 5.92 Å². The van der Waals surface area contributed by atoms with Gasteiger partial charge in [0, 0.05) is 29.4 Å². The van der Waals surface area contributed by atoms with Crippen molar-refractivity contribution in [1.82, 2.24) is 4.98 Å². The van der Waals surface area contributed by atoms with Gasteiger partial charge in [-0.3, -0.25) is 4.79 Å². The summed E-state index contributed by atoms with van der Waals surface area (Å²) < 4.78 is 0. The van der Waals surface area contributed by atoms with Crippen molar-refractivity contribution < 1.29 is 14.7 Å². The lowest BCUT2D eigenvalue weighted by Crippen LogP contribution is -2.28. The van der Waals surface area contributed by atoms with E-state index in [9.17, 15) is 14.7 Å². The third-order valence-corrected chi connectivity index (χ3v) is 3.97. The molecule has 19 heavy (non-hydrogen) atoms. The van der Waals surface area contributed by atoms with Crippen LogP contribution in [0.15, 0.2) is 24.4 Å². The van der Waals surface area contributed by atoms with Gasteiger partial charge in [0.05, 0.1) is 5.92 Å². The van der Waals surface area contributed by atoms with Crippen LogP contribution in [0.4, 0.5) is 0 Å². The molecule has 0 unspecified atom stereocenters. The van der Waals surface area contributed by atoms with Crippen molar-refractivity contribution in [2.75, 3.05) is 0 Å². The maximum Gasteiger partial charge on any atom is 0.307 e. The monoisotopic (exact) mass is 257 g/mol. The zero-order valence-electron chi connectivity index (χ0n) is 10.6. The van der Waals surface area contributed by atoms with Crippen LogP contribution in [0.2, 0.25) is 0 Å². The molecule has 2 atom stereocenters. The molecule has 2 aromatic rings. The molecule has 4 nitrogen and oxygen atoms in total. The molecular formula is C15H15NO3. The first kappa shape index (κ1) is 12.0. The van der Waals surface area contributed by atoms with E-state index in [0.29, 0.717) is 12.8 Å². The number of hydrogen-bond acceptors (Lipinski definition) is 2. The van der Waals surface area contributed by atoms with Gasteiger partial charge >= 0.3 is 5.97 Å². The Hall–Kier alpha value is -2.10. The summed E-state index contributed by atoms with van der Waals surface area (Å²) in [6, 6.07) is 5.84. The number of hydrogen-bond donors (Lipinski definition) is 2. The number of ketones is 1. The summed E-state index contributed by atoms with van der Waals surface area (Å²) in [5, 5.41) is 10.5. The molecule has 1 aromatic carbocycles. The summed E-state index contributed by atoms with van der Waals surface area (Å²) in [6.45, 7) is 1.52. The summed E-state index contributed by atoms with van der Waals surface area (Å²) in [5.74, 6) is -1.53. The second kappa shape index (κ2) is 4.23. The number of H-pyrrole nitrogens is 1. The Bertz CT molecular complexity index is 671. The van der Waals surface area contributed by atoms with Gasteiger partial charge in [-0.05, 0) is 30.5 Å². The number of Topliss-reactive ketones (excluding diaryl/α,β-unsaturated/α-hetero) is 1. The van der Waals surface area contributed by atoms with Gasteiger partial charge < -0.3 is 14.9 Å². The molecular weight excluding hydrogens is 242 g/mol. The molecule has 0 bridgehead atoms. The summed E-state index contributed by atoms with van der Waals surface area (Å²) >= 11 is 0. The van der Waals surface area contributed by atoms with Crippen molar-refractivity contribution in [3.63, 3.8) is 0 Å². The van der Waals surface area contributed by atoms with Gasteiger partial charge in [0.15, 0.2) is 0 Å². The Balaban J connectivity index is 2.19. The van der Waals surface area contributed by atoms with Crippen LogP contribution in [-0.2, 0) is 16.0 Å². The van der Waals surface area contributed by atoms with Crippen molar-refractivity contribution in [3.05, 3.63) is 35.5 Å². The number of carboxylic acid groups (broad SMARTS) is 1. The van der Waals surface area contributed by atoms with E-state index in [1.54, 1.807) is 0 Å². The second-order valence-electron chi connectivity index (χ2n) is 5.25. The summed E-state index contributed by atoms with van der Waals surface area (Å²) in [7, 11) is 0. The molecule has 1 aromatic heterocycles. The molecule has 98 valence electrons. The SMILES string of the molecule is CC(=O)C[C@@H]1c2cccc3[nH]cc(c23)C[C@H]1C(=O)O. The van der Waals surface area contributed by atoms with Crippen molar-refractivity contribution >= 4 is 22.7 Å². The molecule has 1 aliphatic rings. The average Bonchev–Trinajstić information content (AvgIpc) is 2.76. The van der Waals surface area contributed by atoms with E-state index < -0.39 is 11.9 Å². The minimum Gasteiger partial charge on any atom is -0.481 e. The summed E-state index contributed by atoms with van der Waals surface area (Å²) in [5.41, 5.74) is 3.05. The van der Waals surface area contributed by atoms with E-state index in [0.717, 1.165) is 22.0 Å².